The summed E-state index contributed by atoms with van der Waals surface area (Å²) in [5.74, 6) is 0.752. The van der Waals surface area contributed by atoms with Crippen molar-refractivity contribution in [3.05, 3.63) is 81.8 Å². The number of hydrogen-bond acceptors (Lipinski definition) is 7. The van der Waals surface area contributed by atoms with Crippen molar-refractivity contribution in [2.24, 2.45) is 0 Å². The quantitative estimate of drug-likeness (QED) is 0.441. The van der Waals surface area contributed by atoms with Crippen molar-refractivity contribution in [1.29, 1.82) is 0 Å². The summed E-state index contributed by atoms with van der Waals surface area (Å²) in [6.07, 6.45) is 0. The number of piperazine rings is 1. The molecule has 5 rings (SSSR count). The van der Waals surface area contributed by atoms with E-state index in [-0.39, 0.29) is 11.5 Å². The Morgan fingerprint density at radius 2 is 1.74 bits per heavy atom. The molecule has 9 heteroatoms. The molecule has 1 fully saturated rings. The Kier molecular flexibility index (Phi) is 6.12. The summed E-state index contributed by atoms with van der Waals surface area (Å²) >= 11 is 1.41. The van der Waals surface area contributed by atoms with Gasteiger partial charge in [0.15, 0.2) is 0 Å². The van der Waals surface area contributed by atoms with Gasteiger partial charge in [0.1, 0.15) is 10.8 Å². The van der Waals surface area contributed by atoms with Gasteiger partial charge in [0.05, 0.1) is 12.8 Å². The molecule has 8 nitrogen and oxygen atoms in total. The molecule has 34 heavy (non-hydrogen) atoms. The molecule has 1 amide bonds. The molecule has 1 saturated heterocycles. The number of hydrogen-bond donors (Lipinski definition) is 0. The molecule has 4 aromatic rings. The fourth-order valence-electron chi connectivity index (χ4n) is 4.00. The van der Waals surface area contributed by atoms with E-state index >= 15 is 0 Å². The van der Waals surface area contributed by atoms with E-state index in [1.165, 1.54) is 21.4 Å². The zero-order chi connectivity index (χ0) is 23.7. The lowest BCUT2D eigenvalue weighted by Gasteiger charge is -2.34. The molecule has 0 spiro atoms. The number of nitrogens with zero attached hydrogens (tertiary/aromatic N) is 5. The Morgan fingerprint density at radius 1 is 1.03 bits per heavy atom. The molecular formula is C25H25N5O3S. The van der Waals surface area contributed by atoms with E-state index in [4.69, 9.17) is 9.72 Å². The first kappa shape index (κ1) is 22.2. The molecule has 0 saturated carbocycles. The van der Waals surface area contributed by atoms with Crippen molar-refractivity contribution in [2.75, 3.05) is 33.3 Å². The maximum Gasteiger partial charge on any atom is 0.275 e. The predicted molar refractivity (Wildman–Crippen MR) is 131 cm³/mol. The highest BCUT2D eigenvalue weighted by Crippen LogP contribution is 2.24. The van der Waals surface area contributed by atoms with Crippen molar-refractivity contribution in [3.8, 4) is 16.3 Å². The Morgan fingerprint density at radius 3 is 2.41 bits per heavy atom. The van der Waals surface area contributed by atoms with Crippen LogP contribution in [0.15, 0.2) is 59.4 Å². The highest BCUT2D eigenvalue weighted by molar-refractivity contribution is 7.19. The van der Waals surface area contributed by atoms with Crippen LogP contribution in [0, 0.1) is 6.92 Å². The third-order valence-corrected chi connectivity index (χ3v) is 6.94. The minimum atomic E-state index is -0.178. The average molecular weight is 476 g/mol. The molecule has 0 atom stereocenters. The van der Waals surface area contributed by atoms with E-state index in [2.05, 4.69) is 10.00 Å². The van der Waals surface area contributed by atoms with Crippen LogP contribution in [0.4, 0.5) is 0 Å². The van der Waals surface area contributed by atoms with Gasteiger partial charge >= 0.3 is 0 Å². The average Bonchev–Trinajstić information content (AvgIpc) is 3.29. The van der Waals surface area contributed by atoms with E-state index in [1.54, 1.807) is 37.4 Å². The first-order chi connectivity index (χ1) is 16.5. The van der Waals surface area contributed by atoms with Crippen molar-refractivity contribution in [3.63, 3.8) is 0 Å². The molecular weight excluding hydrogens is 450 g/mol. The van der Waals surface area contributed by atoms with Crippen molar-refractivity contribution < 1.29 is 9.53 Å². The summed E-state index contributed by atoms with van der Waals surface area (Å²) in [5, 5.41) is 5.23. The Hall–Kier alpha value is -3.56. The summed E-state index contributed by atoms with van der Waals surface area (Å²) in [5.41, 5.74) is 3.35. The lowest BCUT2D eigenvalue weighted by molar-refractivity contribution is 0.0627. The fourth-order valence-corrected chi connectivity index (χ4v) is 4.93. The smallest absolute Gasteiger partial charge is 0.275 e. The molecule has 3 heterocycles. The second-order valence-electron chi connectivity index (χ2n) is 8.35. The van der Waals surface area contributed by atoms with Crippen LogP contribution >= 0.6 is 11.3 Å². The van der Waals surface area contributed by atoms with Gasteiger partial charge in [-0.1, -0.05) is 41.2 Å². The maximum absolute atomic E-state index is 12.8. The zero-order valence-electron chi connectivity index (χ0n) is 19.1. The maximum atomic E-state index is 12.8. The van der Waals surface area contributed by atoms with Crippen molar-refractivity contribution in [1.82, 2.24) is 24.4 Å². The fraction of sp³-hybridized carbons (Fsp3) is 0.280. The molecule has 2 aromatic carbocycles. The van der Waals surface area contributed by atoms with E-state index in [0.29, 0.717) is 30.2 Å². The normalized spacial score (nSPS) is 14.5. The van der Waals surface area contributed by atoms with Crippen LogP contribution < -0.4 is 10.3 Å². The van der Waals surface area contributed by atoms with Crippen molar-refractivity contribution >= 4 is 22.2 Å². The molecule has 2 aromatic heterocycles. The van der Waals surface area contributed by atoms with Gasteiger partial charge in [-0.3, -0.25) is 14.5 Å². The third kappa shape index (κ3) is 4.57. The van der Waals surface area contributed by atoms with Crippen LogP contribution in [0.3, 0.4) is 0 Å². The van der Waals surface area contributed by atoms with Gasteiger partial charge < -0.3 is 9.64 Å². The van der Waals surface area contributed by atoms with E-state index in [0.717, 1.165) is 35.1 Å². The summed E-state index contributed by atoms with van der Waals surface area (Å²) in [7, 11) is 1.61. The summed E-state index contributed by atoms with van der Waals surface area (Å²) in [6, 6.07) is 16.8. The lowest BCUT2D eigenvalue weighted by Crippen LogP contribution is -2.48. The number of aromatic nitrogens is 3. The van der Waals surface area contributed by atoms with Gasteiger partial charge in [-0.05, 0) is 31.2 Å². The Labute approximate surface area is 201 Å². The standard InChI is InChI=1S/C25H25N5O3S/c1-17-3-5-18(6-4-17)23-27-30-22(31)15-20(26-25(30)34-23)16-28-11-13-29(14-12-28)24(32)19-7-9-21(33-2)10-8-19/h3-10,15H,11-14,16H2,1-2H3. The number of amides is 1. The van der Waals surface area contributed by atoms with E-state index in [1.807, 2.05) is 36.1 Å². The number of methoxy groups -OCH3 is 1. The van der Waals surface area contributed by atoms with Crippen LogP contribution in [0.1, 0.15) is 21.6 Å². The lowest BCUT2D eigenvalue weighted by atomic mass is 10.1. The minimum absolute atomic E-state index is 0.0217. The van der Waals surface area contributed by atoms with Gasteiger partial charge in [-0.15, -0.1) is 0 Å². The highest BCUT2D eigenvalue weighted by atomic mass is 32.1. The Bertz CT molecular complexity index is 1370. The van der Waals surface area contributed by atoms with Crippen LogP contribution in [0.5, 0.6) is 5.75 Å². The van der Waals surface area contributed by atoms with Gasteiger partial charge in [0.25, 0.3) is 11.5 Å². The number of ether oxygens (including phenoxy) is 1. The first-order valence-corrected chi connectivity index (χ1v) is 11.9. The molecule has 1 aliphatic heterocycles. The van der Waals surface area contributed by atoms with Gasteiger partial charge in [0, 0.05) is 49.9 Å². The molecule has 174 valence electrons. The SMILES string of the molecule is COc1ccc(C(=O)N2CCN(Cc3cc(=O)n4nc(-c5ccc(C)cc5)sc4n3)CC2)cc1. The second kappa shape index (κ2) is 9.36. The van der Waals surface area contributed by atoms with E-state index in [9.17, 15) is 9.59 Å². The van der Waals surface area contributed by atoms with Crippen molar-refractivity contribution in [2.45, 2.75) is 13.5 Å². The summed E-state index contributed by atoms with van der Waals surface area (Å²) in [4.78, 5) is 34.8. The first-order valence-electron chi connectivity index (χ1n) is 11.1. The number of carbonyl (C=O) groups is 1. The number of aryl methyl sites for hydroxylation is 1. The molecule has 1 aliphatic rings. The van der Waals surface area contributed by atoms with Crippen LogP contribution in [-0.2, 0) is 6.54 Å². The number of fused-ring (bicyclic) bond motifs is 1. The third-order valence-electron chi connectivity index (χ3n) is 5.98. The van der Waals surface area contributed by atoms with Crippen LogP contribution in [-0.4, -0.2) is 63.6 Å². The summed E-state index contributed by atoms with van der Waals surface area (Å²) in [6.45, 7) is 5.30. The minimum Gasteiger partial charge on any atom is -0.497 e. The number of carbonyl (C=O) groups excluding carboxylic acids is 1. The zero-order valence-corrected chi connectivity index (χ0v) is 19.9. The molecule has 0 bridgehead atoms. The second-order valence-corrected chi connectivity index (χ2v) is 9.31. The summed E-state index contributed by atoms with van der Waals surface area (Å²) < 4.78 is 6.53. The molecule has 0 radical (unpaired) electrons. The molecule has 0 N–H and O–H groups in total. The monoisotopic (exact) mass is 475 g/mol. The predicted octanol–water partition coefficient (Wildman–Crippen LogP) is 3.09. The molecule has 0 unspecified atom stereocenters. The Balaban J connectivity index is 1.25. The van der Waals surface area contributed by atoms with E-state index < -0.39 is 0 Å². The highest BCUT2D eigenvalue weighted by Gasteiger charge is 2.23. The number of benzene rings is 2. The number of rotatable bonds is 5. The largest absolute Gasteiger partial charge is 0.497 e. The van der Waals surface area contributed by atoms with Gasteiger partial charge in [0.2, 0.25) is 4.96 Å². The van der Waals surface area contributed by atoms with Crippen LogP contribution in [0.2, 0.25) is 0 Å². The topological polar surface area (TPSA) is 80.0 Å². The molecule has 0 aliphatic carbocycles. The van der Waals surface area contributed by atoms with Gasteiger partial charge in [-0.2, -0.15) is 9.61 Å². The van der Waals surface area contributed by atoms with Gasteiger partial charge in [-0.25, -0.2) is 4.98 Å². The van der Waals surface area contributed by atoms with Crippen LogP contribution in [0.25, 0.3) is 15.5 Å².